The number of anilines is 1. The van der Waals surface area contributed by atoms with Crippen molar-refractivity contribution < 1.29 is 9.18 Å². The number of thioether (sulfide) groups is 1. The number of rotatable bonds is 7. The summed E-state index contributed by atoms with van der Waals surface area (Å²) in [6.45, 7) is 1.99. The Bertz CT molecular complexity index is 1230. The van der Waals surface area contributed by atoms with Crippen LogP contribution in [0.25, 0.3) is 5.69 Å². The number of nitrogens with one attached hydrogen (secondary N) is 1. The molecule has 4 rings (SSSR count). The Morgan fingerprint density at radius 2 is 1.81 bits per heavy atom. The molecule has 32 heavy (non-hydrogen) atoms. The molecule has 3 aromatic carbocycles. The van der Waals surface area contributed by atoms with Crippen LogP contribution in [0.5, 0.6) is 0 Å². The second-order valence-electron chi connectivity index (χ2n) is 7.19. The van der Waals surface area contributed by atoms with Crippen molar-refractivity contribution in [2.45, 2.75) is 18.5 Å². The van der Waals surface area contributed by atoms with Gasteiger partial charge in [0.1, 0.15) is 11.6 Å². The lowest BCUT2D eigenvalue weighted by atomic mass is 10.1. The van der Waals surface area contributed by atoms with E-state index in [0.717, 1.165) is 21.3 Å². The van der Waals surface area contributed by atoms with Gasteiger partial charge < -0.3 is 5.32 Å². The number of carbonyl (C=O) groups excluding carboxylic acids is 1. The van der Waals surface area contributed by atoms with Crippen LogP contribution in [0.15, 0.2) is 82.4 Å². The first-order chi connectivity index (χ1) is 15.5. The molecule has 0 saturated carbocycles. The third-order valence-electron chi connectivity index (χ3n) is 4.72. The predicted molar refractivity (Wildman–Crippen MR) is 129 cm³/mol. The SMILES string of the molecule is Cc1ccc(NC(=O)CSc2nnc(Cc3ccccc3)n2-c2ccc(F)cc2)c(Br)c1. The van der Waals surface area contributed by atoms with E-state index in [4.69, 9.17) is 0 Å². The average Bonchev–Trinajstić information content (AvgIpc) is 3.18. The Morgan fingerprint density at radius 1 is 1.06 bits per heavy atom. The van der Waals surface area contributed by atoms with Crippen LogP contribution in [-0.2, 0) is 11.2 Å². The van der Waals surface area contributed by atoms with Crippen LogP contribution in [0.3, 0.4) is 0 Å². The largest absolute Gasteiger partial charge is 0.324 e. The van der Waals surface area contributed by atoms with Crippen LogP contribution in [-0.4, -0.2) is 26.4 Å². The Morgan fingerprint density at radius 3 is 2.53 bits per heavy atom. The normalized spacial score (nSPS) is 10.8. The molecular weight excluding hydrogens is 491 g/mol. The summed E-state index contributed by atoms with van der Waals surface area (Å²) in [4.78, 5) is 12.6. The zero-order valence-electron chi connectivity index (χ0n) is 17.3. The van der Waals surface area contributed by atoms with Gasteiger partial charge in [0.15, 0.2) is 5.16 Å². The van der Waals surface area contributed by atoms with Crippen molar-refractivity contribution in [3.8, 4) is 5.69 Å². The van der Waals surface area contributed by atoms with Gasteiger partial charge in [-0.2, -0.15) is 0 Å². The Hall–Kier alpha value is -2.97. The Labute approximate surface area is 198 Å². The number of halogens is 2. The first-order valence-electron chi connectivity index (χ1n) is 9.92. The van der Waals surface area contributed by atoms with E-state index < -0.39 is 0 Å². The summed E-state index contributed by atoms with van der Waals surface area (Å²) in [7, 11) is 0. The van der Waals surface area contributed by atoms with Crippen molar-refractivity contribution >= 4 is 39.3 Å². The summed E-state index contributed by atoms with van der Waals surface area (Å²) in [6, 6.07) is 21.8. The van der Waals surface area contributed by atoms with Crippen molar-refractivity contribution in [2.75, 3.05) is 11.1 Å². The first kappa shape index (κ1) is 22.2. The van der Waals surface area contributed by atoms with E-state index in [2.05, 4.69) is 31.4 Å². The van der Waals surface area contributed by atoms with Gasteiger partial charge in [-0.25, -0.2) is 4.39 Å². The number of aromatic nitrogens is 3. The number of hydrogen-bond donors (Lipinski definition) is 1. The number of nitrogens with zero attached hydrogens (tertiary/aromatic N) is 3. The van der Waals surface area contributed by atoms with Crippen LogP contribution >= 0.6 is 27.7 Å². The van der Waals surface area contributed by atoms with Crippen LogP contribution in [0, 0.1) is 12.7 Å². The molecule has 1 heterocycles. The lowest BCUT2D eigenvalue weighted by Crippen LogP contribution is -2.15. The molecule has 0 fully saturated rings. The highest BCUT2D eigenvalue weighted by Gasteiger charge is 2.17. The third kappa shape index (κ3) is 5.44. The van der Waals surface area contributed by atoms with Gasteiger partial charge >= 0.3 is 0 Å². The molecule has 8 heteroatoms. The van der Waals surface area contributed by atoms with Crippen LogP contribution < -0.4 is 5.32 Å². The molecule has 4 aromatic rings. The molecule has 162 valence electrons. The predicted octanol–water partition coefficient (Wildman–Crippen LogP) is 5.80. The molecule has 0 atom stereocenters. The molecule has 1 N–H and O–H groups in total. The highest BCUT2D eigenvalue weighted by molar-refractivity contribution is 9.10. The minimum absolute atomic E-state index is 0.155. The van der Waals surface area contributed by atoms with E-state index in [1.165, 1.54) is 23.9 Å². The first-order valence-corrected chi connectivity index (χ1v) is 11.7. The smallest absolute Gasteiger partial charge is 0.234 e. The van der Waals surface area contributed by atoms with Gasteiger partial charge in [-0.3, -0.25) is 9.36 Å². The maximum atomic E-state index is 13.5. The molecule has 0 aliphatic carbocycles. The summed E-state index contributed by atoms with van der Waals surface area (Å²) < 4.78 is 16.2. The van der Waals surface area contributed by atoms with Crippen molar-refractivity contribution in [3.05, 3.63) is 100 Å². The zero-order valence-corrected chi connectivity index (χ0v) is 19.7. The number of carbonyl (C=O) groups is 1. The summed E-state index contributed by atoms with van der Waals surface area (Å²) in [5.74, 6) is 0.402. The minimum atomic E-state index is -0.316. The van der Waals surface area contributed by atoms with Crippen LogP contribution in [0.1, 0.15) is 17.0 Å². The molecule has 1 amide bonds. The highest BCUT2D eigenvalue weighted by atomic mass is 79.9. The van der Waals surface area contributed by atoms with Gasteiger partial charge in [0.05, 0.1) is 11.4 Å². The number of hydrogen-bond acceptors (Lipinski definition) is 4. The van der Waals surface area contributed by atoms with Gasteiger partial charge in [-0.1, -0.05) is 48.2 Å². The third-order valence-corrected chi connectivity index (χ3v) is 6.31. The summed E-state index contributed by atoms with van der Waals surface area (Å²) >= 11 is 4.76. The quantitative estimate of drug-likeness (QED) is 0.319. The molecule has 0 aliphatic heterocycles. The molecule has 0 bridgehead atoms. The van der Waals surface area contributed by atoms with E-state index in [1.54, 1.807) is 12.1 Å². The van der Waals surface area contributed by atoms with Crippen LogP contribution in [0.4, 0.5) is 10.1 Å². The van der Waals surface area contributed by atoms with Gasteiger partial charge in [0, 0.05) is 16.6 Å². The van der Waals surface area contributed by atoms with Gasteiger partial charge in [-0.05, 0) is 70.4 Å². The van der Waals surface area contributed by atoms with E-state index in [0.29, 0.717) is 23.1 Å². The molecule has 0 saturated heterocycles. The molecule has 0 spiro atoms. The number of aryl methyl sites for hydroxylation is 1. The highest BCUT2D eigenvalue weighted by Crippen LogP contribution is 2.26. The summed E-state index contributed by atoms with van der Waals surface area (Å²) in [5.41, 5.74) is 3.64. The summed E-state index contributed by atoms with van der Waals surface area (Å²) in [6.07, 6.45) is 0.564. The standard InChI is InChI=1S/C24H20BrFN4OS/c1-16-7-12-21(20(25)13-16)27-23(31)15-32-24-29-28-22(14-17-5-3-2-4-6-17)30(24)19-10-8-18(26)9-11-19/h2-13H,14-15H2,1H3,(H,27,31). The number of benzene rings is 3. The van der Waals surface area contributed by atoms with Gasteiger partial charge in [0.25, 0.3) is 0 Å². The lowest BCUT2D eigenvalue weighted by Gasteiger charge is -2.11. The lowest BCUT2D eigenvalue weighted by molar-refractivity contribution is -0.113. The Balaban J connectivity index is 1.55. The van der Waals surface area contributed by atoms with E-state index >= 15 is 0 Å². The topological polar surface area (TPSA) is 59.8 Å². The molecule has 0 aliphatic rings. The van der Waals surface area contributed by atoms with E-state index in [9.17, 15) is 9.18 Å². The van der Waals surface area contributed by atoms with Crippen molar-refractivity contribution in [1.29, 1.82) is 0 Å². The van der Waals surface area contributed by atoms with E-state index in [-0.39, 0.29) is 17.5 Å². The van der Waals surface area contributed by atoms with E-state index in [1.807, 2.05) is 60.0 Å². The average molecular weight is 511 g/mol. The minimum Gasteiger partial charge on any atom is -0.324 e. The van der Waals surface area contributed by atoms with Gasteiger partial charge in [-0.15, -0.1) is 10.2 Å². The molecular formula is C24H20BrFN4OS. The maximum Gasteiger partial charge on any atom is 0.234 e. The fraction of sp³-hybridized carbons (Fsp3) is 0.125. The van der Waals surface area contributed by atoms with Gasteiger partial charge in [0.2, 0.25) is 5.91 Å². The Kier molecular flexibility index (Phi) is 7.02. The van der Waals surface area contributed by atoms with Crippen LogP contribution in [0.2, 0.25) is 0 Å². The van der Waals surface area contributed by atoms with Crippen molar-refractivity contribution in [1.82, 2.24) is 14.8 Å². The molecule has 1 aromatic heterocycles. The van der Waals surface area contributed by atoms with Crippen molar-refractivity contribution in [3.63, 3.8) is 0 Å². The molecule has 0 unspecified atom stereocenters. The maximum absolute atomic E-state index is 13.5. The second-order valence-corrected chi connectivity index (χ2v) is 8.99. The zero-order chi connectivity index (χ0) is 22.5. The fourth-order valence-electron chi connectivity index (χ4n) is 3.17. The molecule has 0 radical (unpaired) electrons. The fourth-order valence-corrected chi connectivity index (χ4v) is 4.54. The monoisotopic (exact) mass is 510 g/mol. The second kappa shape index (κ2) is 10.1. The number of amides is 1. The van der Waals surface area contributed by atoms with Crippen molar-refractivity contribution in [2.24, 2.45) is 0 Å². The molecule has 5 nitrogen and oxygen atoms in total. The summed E-state index contributed by atoms with van der Waals surface area (Å²) in [5, 5.41) is 12.1.